The lowest BCUT2D eigenvalue weighted by atomic mass is 9.79. The van der Waals surface area contributed by atoms with E-state index in [0.29, 0.717) is 12.8 Å². The van der Waals surface area contributed by atoms with Gasteiger partial charge in [0.05, 0.1) is 23.2 Å². The van der Waals surface area contributed by atoms with Crippen molar-refractivity contribution >= 4 is 33.4 Å². The van der Waals surface area contributed by atoms with Crippen LogP contribution in [0.1, 0.15) is 43.0 Å². The van der Waals surface area contributed by atoms with E-state index in [1.807, 2.05) is 29.8 Å². The van der Waals surface area contributed by atoms with Crippen molar-refractivity contribution in [3.05, 3.63) is 60.0 Å². The second-order valence-corrected chi connectivity index (χ2v) is 8.79. The zero-order valence-electron chi connectivity index (χ0n) is 17.7. The van der Waals surface area contributed by atoms with Crippen LogP contribution < -0.4 is 0 Å². The van der Waals surface area contributed by atoms with Crippen LogP contribution in [0.4, 0.5) is 0 Å². The smallest absolute Gasteiger partial charge is 0.306 e. The SMILES string of the molecule is Cc1[nH]nc2c1c(C1CCC(C(=O)O)CC1)nc1c(-c3ccc4ccccc4c3)cnn12. The lowest BCUT2D eigenvalue weighted by Crippen LogP contribution is -2.21. The summed E-state index contributed by atoms with van der Waals surface area (Å²) in [5, 5.41) is 25.0. The zero-order valence-corrected chi connectivity index (χ0v) is 17.7. The molecule has 0 radical (unpaired) electrons. The fourth-order valence-electron chi connectivity index (χ4n) is 5.12. The van der Waals surface area contributed by atoms with E-state index < -0.39 is 5.97 Å². The number of benzene rings is 2. The van der Waals surface area contributed by atoms with Gasteiger partial charge in [-0.05, 0) is 55.0 Å². The Kier molecular flexibility index (Phi) is 4.24. The van der Waals surface area contributed by atoms with Crippen LogP contribution in [0.5, 0.6) is 0 Å². The molecule has 0 spiro atoms. The molecule has 1 saturated carbocycles. The Bertz CT molecular complexity index is 1490. The average Bonchev–Trinajstić information content (AvgIpc) is 3.42. The molecule has 6 rings (SSSR count). The highest BCUT2D eigenvalue weighted by atomic mass is 16.4. The van der Waals surface area contributed by atoms with Crippen molar-refractivity contribution in [3.63, 3.8) is 0 Å². The molecule has 2 aromatic carbocycles. The number of carboxylic acid groups (broad SMARTS) is 1. The summed E-state index contributed by atoms with van der Waals surface area (Å²) in [5.74, 6) is -0.723. The summed E-state index contributed by atoms with van der Waals surface area (Å²) in [5.41, 5.74) is 5.57. The molecule has 0 unspecified atom stereocenters. The number of aliphatic carboxylic acids is 1. The standard InChI is InChI=1S/C25H23N5O2/c1-14-21-22(16-7-9-17(10-8-16)25(31)32)27-23-20(13-26-30(23)24(21)29-28-14)19-11-6-15-4-2-3-5-18(15)12-19/h2-6,11-13,16-17H,7-10H2,1H3,(H,28,29)(H,31,32). The summed E-state index contributed by atoms with van der Waals surface area (Å²) in [4.78, 5) is 16.6. The van der Waals surface area contributed by atoms with Gasteiger partial charge >= 0.3 is 5.97 Å². The molecule has 1 aliphatic carbocycles. The van der Waals surface area contributed by atoms with E-state index in [2.05, 4.69) is 45.6 Å². The second-order valence-electron chi connectivity index (χ2n) is 8.79. The molecule has 3 heterocycles. The Balaban J connectivity index is 1.52. The number of nitrogens with zero attached hydrogens (tertiary/aromatic N) is 4. The molecular formula is C25H23N5O2. The van der Waals surface area contributed by atoms with Gasteiger partial charge in [-0.15, -0.1) is 0 Å². The van der Waals surface area contributed by atoms with Crippen molar-refractivity contribution in [1.82, 2.24) is 24.8 Å². The molecule has 7 nitrogen and oxygen atoms in total. The molecule has 160 valence electrons. The molecule has 32 heavy (non-hydrogen) atoms. The number of H-pyrrole nitrogens is 1. The van der Waals surface area contributed by atoms with Gasteiger partial charge in [-0.25, -0.2) is 4.98 Å². The predicted molar refractivity (Wildman–Crippen MR) is 123 cm³/mol. The number of hydrogen-bond donors (Lipinski definition) is 2. The number of fused-ring (bicyclic) bond motifs is 4. The fourth-order valence-corrected chi connectivity index (χ4v) is 5.12. The van der Waals surface area contributed by atoms with E-state index in [9.17, 15) is 9.90 Å². The lowest BCUT2D eigenvalue weighted by molar-refractivity contribution is -0.142. The van der Waals surface area contributed by atoms with Gasteiger partial charge in [0.25, 0.3) is 0 Å². The van der Waals surface area contributed by atoms with Gasteiger partial charge < -0.3 is 5.11 Å². The molecule has 2 N–H and O–H groups in total. The number of aromatic amines is 1. The van der Waals surface area contributed by atoms with Gasteiger partial charge in [0, 0.05) is 17.2 Å². The van der Waals surface area contributed by atoms with Crippen LogP contribution in [0.2, 0.25) is 0 Å². The van der Waals surface area contributed by atoms with Crippen molar-refractivity contribution in [3.8, 4) is 11.1 Å². The third-order valence-electron chi connectivity index (χ3n) is 6.88. The van der Waals surface area contributed by atoms with E-state index in [0.717, 1.165) is 52.0 Å². The molecule has 0 amide bonds. The Morgan fingerprint density at radius 3 is 2.62 bits per heavy atom. The molecule has 5 aromatic rings. The molecular weight excluding hydrogens is 402 g/mol. The van der Waals surface area contributed by atoms with Gasteiger partial charge in [-0.2, -0.15) is 14.7 Å². The summed E-state index contributed by atoms with van der Waals surface area (Å²) >= 11 is 0. The van der Waals surface area contributed by atoms with Crippen molar-refractivity contribution in [2.24, 2.45) is 5.92 Å². The minimum Gasteiger partial charge on any atom is -0.481 e. The maximum absolute atomic E-state index is 11.4. The quantitative estimate of drug-likeness (QED) is 0.420. The first-order valence-electron chi connectivity index (χ1n) is 11.0. The summed E-state index contributed by atoms with van der Waals surface area (Å²) < 4.78 is 1.82. The zero-order chi connectivity index (χ0) is 21.8. The van der Waals surface area contributed by atoms with Crippen molar-refractivity contribution in [2.45, 2.75) is 38.5 Å². The van der Waals surface area contributed by atoms with Crippen LogP contribution in [0.25, 0.3) is 38.6 Å². The first kappa shape index (κ1) is 19.0. The number of aromatic nitrogens is 5. The van der Waals surface area contributed by atoms with Crippen LogP contribution in [0.3, 0.4) is 0 Å². The maximum Gasteiger partial charge on any atom is 0.306 e. The molecule has 0 atom stereocenters. The summed E-state index contributed by atoms with van der Waals surface area (Å²) in [6.07, 6.45) is 4.86. The van der Waals surface area contributed by atoms with Gasteiger partial charge in [0.15, 0.2) is 11.3 Å². The molecule has 0 aliphatic heterocycles. The van der Waals surface area contributed by atoms with Crippen LogP contribution in [-0.2, 0) is 4.79 Å². The third-order valence-corrected chi connectivity index (χ3v) is 6.88. The van der Waals surface area contributed by atoms with Gasteiger partial charge in [-0.3, -0.25) is 9.89 Å². The van der Waals surface area contributed by atoms with Gasteiger partial charge in [0.2, 0.25) is 0 Å². The van der Waals surface area contributed by atoms with E-state index in [-0.39, 0.29) is 11.8 Å². The number of carboxylic acids is 1. The van der Waals surface area contributed by atoms with Crippen LogP contribution in [0, 0.1) is 12.8 Å². The second kappa shape index (κ2) is 7.15. The number of carbonyl (C=O) groups is 1. The highest BCUT2D eigenvalue weighted by molar-refractivity contribution is 5.92. The highest BCUT2D eigenvalue weighted by Crippen LogP contribution is 2.39. The Labute approximate surface area is 184 Å². The predicted octanol–water partition coefficient (Wildman–Crippen LogP) is 5.09. The normalized spacial score (nSPS) is 19.2. The molecule has 7 heteroatoms. The average molecular weight is 425 g/mol. The number of hydrogen-bond acceptors (Lipinski definition) is 4. The van der Waals surface area contributed by atoms with Crippen LogP contribution >= 0.6 is 0 Å². The topological polar surface area (TPSA) is 96.2 Å². The van der Waals surface area contributed by atoms with Crippen LogP contribution in [-0.4, -0.2) is 35.9 Å². The summed E-state index contributed by atoms with van der Waals surface area (Å²) in [6, 6.07) is 14.7. The first-order valence-corrected chi connectivity index (χ1v) is 11.0. The molecule has 1 aliphatic rings. The van der Waals surface area contributed by atoms with E-state index in [1.54, 1.807) is 0 Å². The maximum atomic E-state index is 11.4. The third kappa shape index (κ3) is 2.88. The largest absolute Gasteiger partial charge is 0.481 e. The van der Waals surface area contributed by atoms with Crippen molar-refractivity contribution in [2.75, 3.05) is 0 Å². The first-order chi connectivity index (χ1) is 15.6. The van der Waals surface area contributed by atoms with Crippen LogP contribution in [0.15, 0.2) is 48.7 Å². The monoisotopic (exact) mass is 425 g/mol. The van der Waals surface area contributed by atoms with E-state index >= 15 is 0 Å². The molecule has 0 saturated heterocycles. The minimum absolute atomic E-state index is 0.216. The fraction of sp³-hybridized carbons (Fsp3) is 0.280. The summed E-state index contributed by atoms with van der Waals surface area (Å²) in [6.45, 7) is 2.00. The highest BCUT2D eigenvalue weighted by Gasteiger charge is 2.30. The molecule has 0 bridgehead atoms. The number of rotatable bonds is 3. The number of nitrogens with one attached hydrogen (secondary N) is 1. The Morgan fingerprint density at radius 1 is 1.06 bits per heavy atom. The molecule has 3 aromatic heterocycles. The van der Waals surface area contributed by atoms with Crippen molar-refractivity contribution in [1.29, 1.82) is 0 Å². The molecule has 1 fully saturated rings. The van der Waals surface area contributed by atoms with Crippen molar-refractivity contribution < 1.29 is 9.90 Å². The summed E-state index contributed by atoms with van der Waals surface area (Å²) in [7, 11) is 0. The lowest BCUT2D eigenvalue weighted by Gasteiger charge is -2.26. The van der Waals surface area contributed by atoms with Gasteiger partial charge in [0.1, 0.15) is 0 Å². The minimum atomic E-state index is -0.689. The van der Waals surface area contributed by atoms with E-state index in [4.69, 9.17) is 4.98 Å². The van der Waals surface area contributed by atoms with E-state index in [1.165, 1.54) is 10.8 Å². The Hall–Kier alpha value is -3.74. The number of aryl methyl sites for hydroxylation is 1. The Morgan fingerprint density at radius 2 is 1.84 bits per heavy atom. The van der Waals surface area contributed by atoms with Gasteiger partial charge in [-0.1, -0.05) is 36.4 Å².